The molecule has 0 saturated heterocycles. The number of hydrogen-bond donors (Lipinski definition) is 3. The molecule has 0 radical (unpaired) electrons. The molecule has 0 fully saturated rings. The maximum absolute atomic E-state index is 11.6. The van der Waals surface area contributed by atoms with Gasteiger partial charge in [-0.3, -0.25) is 0 Å². The van der Waals surface area contributed by atoms with Gasteiger partial charge in [0, 0.05) is 12.1 Å². The molecule has 19 heavy (non-hydrogen) atoms. The van der Waals surface area contributed by atoms with Crippen molar-refractivity contribution in [3.05, 3.63) is 22.7 Å². The summed E-state index contributed by atoms with van der Waals surface area (Å²) in [6.07, 6.45) is 0. The minimum Gasteiger partial charge on any atom is -0.496 e. The van der Waals surface area contributed by atoms with Gasteiger partial charge in [-0.2, -0.15) is 0 Å². The highest BCUT2D eigenvalue weighted by Gasteiger charge is 2.16. The zero-order valence-electron chi connectivity index (χ0n) is 10.8. The maximum Gasteiger partial charge on any atom is 0.339 e. The smallest absolute Gasteiger partial charge is 0.339 e. The van der Waals surface area contributed by atoms with Gasteiger partial charge in [-0.25, -0.2) is 9.59 Å². The fraction of sp³-hybridized carbons (Fsp3) is 0.333. The molecule has 0 spiro atoms. The topological polar surface area (TPSA) is 87.7 Å². The molecule has 1 aromatic carbocycles. The van der Waals surface area contributed by atoms with E-state index in [1.165, 1.54) is 19.2 Å². The van der Waals surface area contributed by atoms with Crippen LogP contribution in [0.2, 0.25) is 5.02 Å². The third kappa shape index (κ3) is 4.03. The molecule has 0 aliphatic carbocycles. The Labute approximate surface area is 115 Å². The zero-order valence-corrected chi connectivity index (χ0v) is 11.5. The molecule has 0 atom stereocenters. The van der Waals surface area contributed by atoms with Crippen molar-refractivity contribution in [2.75, 3.05) is 12.4 Å². The van der Waals surface area contributed by atoms with E-state index >= 15 is 0 Å². The summed E-state index contributed by atoms with van der Waals surface area (Å²) >= 11 is 5.92. The lowest BCUT2D eigenvalue weighted by molar-refractivity contribution is 0.0693. The maximum atomic E-state index is 11.6. The Morgan fingerprint density at radius 3 is 2.47 bits per heavy atom. The van der Waals surface area contributed by atoms with Gasteiger partial charge in [0.25, 0.3) is 0 Å². The number of hydrogen-bond acceptors (Lipinski definition) is 3. The Hall–Kier alpha value is -1.95. The summed E-state index contributed by atoms with van der Waals surface area (Å²) in [5.74, 6) is -1.03. The lowest BCUT2D eigenvalue weighted by Crippen LogP contribution is -2.34. The first-order valence-electron chi connectivity index (χ1n) is 5.53. The number of ether oxygens (including phenoxy) is 1. The van der Waals surface area contributed by atoms with E-state index in [2.05, 4.69) is 10.6 Å². The molecule has 0 aliphatic rings. The van der Waals surface area contributed by atoms with Crippen molar-refractivity contribution >= 4 is 29.3 Å². The number of carbonyl (C=O) groups excluding carboxylic acids is 1. The Morgan fingerprint density at radius 2 is 2.00 bits per heavy atom. The van der Waals surface area contributed by atoms with Gasteiger partial charge < -0.3 is 20.5 Å². The van der Waals surface area contributed by atoms with Crippen molar-refractivity contribution in [3.8, 4) is 5.75 Å². The van der Waals surface area contributed by atoms with Crippen LogP contribution in [0.5, 0.6) is 5.75 Å². The van der Waals surface area contributed by atoms with Gasteiger partial charge in [0.05, 0.1) is 17.8 Å². The first-order valence-corrected chi connectivity index (χ1v) is 5.91. The standard InChI is InChI=1S/C12H15ClN2O4/c1-6(2)14-12(18)15-9-5-10(19-3)7(11(16)17)4-8(9)13/h4-6H,1-3H3,(H,16,17)(H2,14,15,18). The van der Waals surface area contributed by atoms with Crippen molar-refractivity contribution in [2.24, 2.45) is 0 Å². The summed E-state index contributed by atoms with van der Waals surface area (Å²) in [4.78, 5) is 22.5. The number of anilines is 1. The molecular weight excluding hydrogens is 272 g/mol. The van der Waals surface area contributed by atoms with Gasteiger partial charge in [0.1, 0.15) is 11.3 Å². The van der Waals surface area contributed by atoms with Crippen LogP contribution in [-0.4, -0.2) is 30.3 Å². The Balaban J connectivity index is 3.03. The summed E-state index contributed by atoms with van der Waals surface area (Å²) in [6, 6.07) is 2.14. The highest BCUT2D eigenvalue weighted by atomic mass is 35.5. The fourth-order valence-electron chi connectivity index (χ4n) is 1.41. The molecule has 1 rings (SSSR count). The lowest BCUT2D eigenvalue weighted by Gasteiger charge is -2.13. The van der Waals surface area contributed by atoms with Crippen molar-refractivity contribution in [1.29, 1.82) is 0 Å². The number of urea groups is 1. The number of halogens is 1. The van der Waals surface area contributed by atoms with Gasteiger partial charge in [0.2, 0.25) is 0 Å². The van der Waals surface area contributed by atoms with E-state index in [-0.39, 0.29) is 28.1 Å². The molecule has 6 nitrogen and oxygen atoms in total. The third-order valence-corrected chi connectivity index (χ3v) is 2.50. The van der Waals surface area contributed by atoms with Crippen LogP contribution >= 0.6 is 11.6 Å². The average molecular weight is 287 g/mol. The molecule has 0 saturated carbocycles. The van der Waals surface area contributed by atoms with E-state index in [0.29, 0.717) is 0 Å². The largest absolute Gasteiger partial charge is 0.496 e. The molecule has 3 N–H and O–H groups in total. The summed E-state index contributed by atoms with van der Waals surface area (Å²) in [5.41, 5.74) is 0.212. The van der Waals surface area contributed by atoms with Gasteiger partial charge in [0.15, 0.2) is 0 Å². The number of aromatic carboxylic acids is 1. The number of benzene rings is 1. The van der Waals surface area contributed by atoms with Gasteiger partial charge >= 0.3 is 12.0 Å². The predicted octanol–water partition coefficient (Wildman–Crippen LogP) is 2.58. The predicted molar refractivity (Wildman–Crippen MR) is 72.3 cm³/mol. The van der Waals surface area contributed by atoms with Crippen molar-refractivity contribution in [2.45, 2.75) is 19.9 Å². The number of rotatable bonds is 4. The first-order chi connectivity index (χ1) is 8.85. The van der Waals surface area contributed by atoms with E-state index < -0.39 is 12.0 Å². The quantitative estimate of drug-likeness (QED) is 0.794. The Morgan fingerprint density at radius 1 is 1.37 bits per heavy atom. The molecule has 0 aromatic heterocycles. The zero-order chi connectivity index (χ0) is 14.6. The SMILES string of the molecule is COc1cc(NC(=O)NC(C)C)c(Cl)cc1C(=O)O. The van der Waals surface area contributed by atoms with Crippen molar-refractivity contribution in [3.63, 3.8) is 0 Å². The van der Waals surface area contributed by atoms with Crippen LogP contribution < -0.4 is 15.4 Å². The van der Waals surface area contributed by atoms with E-state index in [1.807, 2.05) is 13.8 Å². The number of carboxylic acid groups (broad SMARTS) is 1. The van der Waals surface area contributed by atoms with Crippen LogP contribution in [0.4, 0.5) is 10.5 Å². The van der Waals surface area contributed by atoms with Crippen LogP contribution in [0.3, 0.4) is 0 Å². The summed E-state index contributed by atoms with van der Waals surface area (Å²) in [6.45, 7) is 3.63. The minimum absolute atomic E-state index is 0.0287. The molecular formula is C12H15ClN2O4. The van der Waals surface area contributed by atoms with Gasteiger partial charge in [-0.05, 0) is 19.9 Å². The van der Waals surface area contributed by atoms with E-state index in [0.717, 1.165) is 0 Å². The molecule has 0 unspecified atom stereocenters. The third-order valence-electron chi connectivity index (χ3n) is 2.19. The second-order valence-corrected chi connectivity index (χ2v) is 4.50. The summed E-state index contributed by atoms with van der Waals surface area (Å²) < 4.78 is 4.95. The second kappa shape index (κ2) is 6.29. The van der Waals surface area contributed by atoms with Crippen LogP contribution in [-0.2, 0) is 0 Å². The Bertz CT molecular complexity index is 503. The molecule has 0 heterocycles. The van der Waals surface area contributed by atoms with Crippen LogP contribution in [0.25, 0.3) is 0 Å². The van der Waals surface area contributed by atoms with E-state index in [9.17, 15) is 9.59 Å². The van der Waals surface area contributed by atoms with E-state index in [1.54, 1.807) is 0 Å². The van der Waals surface area contributed by atoms with Crippen LogP contribution in [0.15, 0.2) is 12.1 Å². The number of methoxy groups -OCH3 is 1. The highest BCUT2D eigenvalue weighted by molar-refractivity contribution is 6.34. The lowest BCUT2D eigenvalue weighted by atomic mass is 10.2. The number of amides is 2. The van der Waals surface area contributed by atoms with Gasteiger partial charge in [-0.1, -0.05) is 11.6 Å². The van der Waals surface area contributed by atoms with Crippen molar-refractivity contribution in [1.82, 2.24) is 5.32 Å². The summed E-state index contributed by atoms with van der Waals surface area (Å²) in [7, 11) is 1.34. The highest BCUT2D eigenvalue weighted by Crippen LogP contribution is 2.30. The normalized spacial score (nSPS) is 10.2. The van der Waals surface area contributed by atoms with Crippen molar-refractivity contribution < 1.29 is 19.4 Å². The molecule has 1 aromatic rings. The average Bonchev–Trinajstić information content (AvgIpc) is 2.29. The molecule has 7 heteroatoms. The molecule has 2 amide bonds. The molecule has 0 aliphatic heterocycles. The van der Waals surface area contributed by atoms with Crippen LogP contribution in [0, 0.1) is 0 Å². The number of nitrogens with one attached hydrogen (secondary N) is 2. The Kier molecular flexibility index (Phi) is 5.00. The summed E-state index contributed by atoms with van der Waals surface area (Å²) in [5, 5.41) is 14.3. The fourth-order valence-corrected chi connectivity index (χ4v) is 1.62. The van der Waals surface area contributed by atoms with E-state index in [4.69, 9.17) is 21.4 Å². The number of carboxylic acids is 1. The first kappa shape index (κ1) is 15.1. The monoisotopic (exact) mass is 286 g/mol. The van der Waals surface area contributed by atoms with Gasteiger partial charge in [-0.15, -0.1) is 0 Å². The number of carbonyl (C=O) groups is 2. The minimum atomic E-state index is -1.16. The molecule has 0 bridgehead atoms. The molecule has 104 valence electrons. The van der Waals surface area contributed by atoms with Crippen LogP contribution in [0.1, 0.15) is 24.2 Å². The second-order valence-electron chi connectivity index (χ2n) is 4.09.